The topological polar surface area (TPSA) is 53.7 Å². The molecule has 0 aromatic carbocycles. The van der Waals surface area contributed by atoms with E-state index in [9.17, 15) is 4.79 Å². The molecule has 6 nitrogen and oxygen atoms in total. The molecule has 1 aliphatic heterocycles. The first-order valence-corrected chi connectivity index (χ1v) is 8.89. The van der Waals surface area contributed by atoms with E-state index >= 15 is 0 Å². The number of aromatic nitrogens is 3. The van der Waals surface area contributed by atoms with Crippen molar-refractivity contribution in [3.05, 3.63) is 11.9 Å². The summed E-state index contributed by atoms with van der Waals surface area (Å²) >= 11 is 1.62. The molecule has 0 atom stereocenters. The maximum absolute atomic E-state index is 12.5. The molecule has 4 rings (SSSR count). The summed E-state index contributed by atoms with van der Waals surface area (Å²) in [6, 6.07) is 0. The Bertz CT molecular complexity index is 648. The highest BCUT2D eigenvalue weighted by Gasteiger charge is 2.30. The van der Waals surface area contributed by atoms with Crippen LogP contribution in [-0.2, 0) is 4.79 Å². The number of amides is 1. The van der Waals surface area contributed by atoms with E-state index in [2.05, 4.69) is 19.9 Å². The zero-order chi connectivity index (χ0) is 15.1. The van der Waals surface area contributed by atoms with Crippen LogP contribution in [0.2, 0.25) is 0 Å². The maximum atomic E-state index is 12.5. The standard InChI is InChI=1S/C15H21N5OS/c1-11-10-20-14(16-11)22-15(17-20)19-8-6-18(7-9-19)13(21)12-4-2-3-5-12/h10,12H,2-9H2,1H3. The van der Waals surface area contributed by atoms with Crippen LogP contribution in [-0.4, -0.2) is 51.6 Å². The lowest BCUT2D eigenvalue weighted by Gasteiger charge is -2.35. The molecular formula is C15H21N5OS. The molecule has 2 aromatic heterocycles. The summed E-state index contributed by atoms with van der Waals surface area (Å²) in [5.74, 6) is 0.666. The van der Waals surface area contributed by atoms with E-state index in [4.69, 9.17) is 0 Å². The molecule has 7 heteroatoms. The van der Waals surface area contributed by atoms with Crippen molar-refractivity contribution < 1.29 is 4.79 Å². The molecule has 3 heterocycles. The van der Waals surface area contributed by atoms with Crippen LogP contribution in [0.3, 0.4) is 0 Å². The Morgan fingerprint density at radius 1 is 1.23 bits per heavy atom. The second-order valence-corrected chi connectivity index (χ2v) is 7.22. The van der Waals surface area contributed by atoms with Crippen LogP contribution in [0.1, 0.15) is 31.4 Å². The number of rotatable bonds is 2. The highest BCUT2D eigenvalue weighted by atomic mass is 32.1. The fourth-order valence-electron chi connectivity index (χ4n) is 3.48. The predicted molar refractivity (Wildman–Crippen MR) is 86.4 cm³/mol. The molecule has 0 unspecified atom stereocenters. The van der Waals surface area contributed by atoms with Gasteiger partial charge in [0, 0.05) is 32.1 Å². The first kappa shape index (κ1) is 14.0. The van der Waals surface area contributed by atoms with E-state index in [0.29, 0.717) is 5.91 Å². The van der Waals surface area contributed by atoms with Crippen molar-refractivity contribution in [1.29, 1.82) is 0 Å². The molecule has 118 valence electrons. The molecular weight excluding hydrogens is 298 g/mol. The molecule has 2 aromatic rings. The quantitative estimate of drug-likeness (QED) is 0.849. The second kappa shape index (κ2) is 5.53. The Balaban J connectivity index is 1.40. The van der Waals surface area contributed by atoms with Gasteiger partial charge >= 0.3 is 0 Å². The molecule has 0 radical (unpaired) electrons. The Hall–Kier alpha value is -1.63. The minimum atomic E-state index is 0.290. The van der Waals surface area contributed by atoms with E-state index in [0.717, 1.165) is 54.8 Å². The van der Waals surface area contributed by atoms with Crippen LogP contribution in [0.25, 0.3) is 4.96 Å². The van der Waals surface area contributed by atoms with Crippen LogP contribution >= 0.6 is 11.3 Å². The van der Waals surface area contributed by atoms with Gasteiger partial charge in [0.2, 0.25) is 16.0 Å². The minimum absolute atomic E-state index is 0.290. The lowest BCUT2D eigenvalue weighted by Crippen LogP contribution is -2.50. The number of hydrogen-bond donors (Lipinski definition) is 0. The predicted octanol–water partition coefficient (Wildman–Crippen LogP) is 1.94. The lowest BCUT2D eigenvalue weighted by molar-refractivity contribution is -0.135. The first-order chi connectivity index (χ1) is 10.7. The number of anilines is 1. The van der Waals surface area contributed by atoms with Crippen LogP contribution in [0.15, 0.2) is 6.20 Å². The summed E-state index contributed by atoms with van der Waals surface area (Å²) in [6.45, 7) is 5.35. The molecule has 1 amide bonds. The van der Waals surface area contributed by atoms with E-state index in [1.807, 2.05) is 17.6 Å². The van der Waals surface area contributed by atoms with Gasteiger partial charge < -0.3 is 9.80 Å². The molecule has 2 aliphatic rings. The van der Waals surface area contributed by atoms with Crippen molar-refractivity contribution in [2.24, 2.45) is 5.92 Å². The molecule has 1 saturated carbocycles. The zero-order valence-corrected chi connectivity index (χ0v) is 13.7. The molecule has 2 fully saturated rings. The van der Waals surface area contributed by atoms with Crippen LogP contribution in [0.5, 0.6) is 0 Å². The molecule has 22 heavy (non-hydrogen) atoms. The largest absolute Gasteiger partial charge is 0.343 e. The Labute approximate surface area is 133 Å². The summed E-state index contributed by atoms with van der Waals surface area (Å²) in [4.78, 5) is 22.2. The van der Waals surface area contributed by atoms with Gasteiger partial charge in [-0.05, 0) is 19.8 Å². The SMILES string of the molecule is Cc1cn2nc(N3CCN(C(=O)C4CCCC4)CC3)sc2n1. The van der Waals surface area contributed by atoms with Crippen molar-refractivity contribution >= 4 is 27.3 Å². The van der Waals surface area contributed by atoms with E-state index in [1.54, 1.807) is 11.3 Å². The smallest absolute Gasteiger partial charge is 0.225 e. The lowest BCUT2D eigenvalue weighted by atomic mass is 10.1. The van der Waals surface area contributed by atoms with Crippen molar-refractivity contribution in [3.8, 4) is 0 Å². The van der Waals surface area contributed by atoms with E-state index < -0.39 is 0 Å². The highest BCUT2D eigenvalue weighted by molar-refractivity contribution is 7.20. The van der Waals surface area contributed by atoms with Gasteiger partial charge in [-0.15, -0.1) is 5.10 Å². The van der Waals surface area contributed by atoms with Gasteiger partial charge in [-0.25, -0.2) is 9.50 Å². The van der Waals surface area contributed by atoms with Crippen LogP contribution in [0.4, 0.5) is 5.13 Å². The van der Waals surface area contributed by atoms with Gasteiger partial charge in [0.15, 0.2) is 0 Å². The number of carbonyl (C=O) groups excluding carboxylic acids is 1. The van der Waals surface area contributed by atoms with Gasteiger partial charge in [-0.3, -0.25) is 4.79 Å². The summed E-state index contributed by atoms with van der Waals surface area (Å²) in [7, 11) is 0. The first-order valence-electron chi connectivity index (χ1n) is 8.07. The van der Waals surface area contributed by atoms with E-state index in [-0.39, 0.29) is 5.92 Å². The second-order valence-electron chi connectivity index (χ2n) is 6.29. The summed E-state index contributed by atoms with van der Waals surface area (Å²) in [6.07, 6.45) is 6.56. The fourth-order valence-corrected chi connectivity index (χ4v) is 4.46. The summed E-state index contributed by atoms with van der Waals surface area (Å²) in [5.41, 5.74) is 0.997. The third-order valence-electron chi connectivity index (χ3n) is 4.72. The number of carbonyl (C=O) groups is 1. The zero-order valence-electron chi connectivity index (χ0n) is 12.9. The van der Waals surface area contributed by atoms with Gasteiger partial charge in [-0.1, -0.05) is 24.2 Å². The molecule has 1 saturated heterocycles. The number of fused-ring (bicyclic) bond motifs is 1. The number of imidazole rings is 1. The monoisotopic (exact) mass is 319 g/mol. The van der Waals surface area contributed by atoms with Gasteiger partial charge in [0.05, 0.1) is 11.9 Å². The summed E-state index contributed by atoms with van der Waals surface area (Å²) < 4.78 is 1.85. The van der Waals surface area contributed by atoms with Crippen LogP contribution < -0.4 is 4.90 Å². The van der Waals surface area contributed by atoms with Crippen molar-refractivity contribution in [2.45, 2.75) is 32.6 Å². The Kier molecular flexibility index (Phi) is 3.52. The molecule has 0 N–H and O–H groups in total. The normalized spacial score (nSPS) is 20.2. The van der Waals surface area contributed by atoms with Gasteiger partial charge in [-0.2, -0.15) is 0 Å². The maximum Gasteiger partial charge on any atom is 0.225 e. The number of nitrogens with zero attached hydrogens (tertiary/aromatic N) is 5. The molecule has 0 bridgehead atoms. The average Bonchev–Trinajstić information content (AvgIpc) is 3.22. The third-order valence-corrected chi connectivity index (χ3v) is 5.70. The average molecular weight is 319 g/mol. The number of hydrogen-bond acceptors (Lipinski definition) is 5. The van der Waals surface area contributed by atoms with Crippen molar-refractivity contribution in [3.63, 3.8) is 0 Å². The van der Waals surface area contributed by atoms with Crippen LogP contribution in [0, 0.1) is 12.8 Å². The fraction of sp³-hybridized carbons (Fsp3) is 0.667. The minimum Gasteiger partial charge on any atom is -0.343 e. The molecule has 0 spiro atoms. The Morgan fingerprint density at radius 3 is 2.64 bits per heavy atom. The Morgan fingerprint density at radius 2 is 1.95 bits per heavy atom. The number of piperazine rings is 1. The van der Waals surface area contributed by atoms with Crippen molar-refractivity contribution in [1.82, 2.24) is 19.5 Å². The van der Waals surface area contributed by atoms with Gasteiger partial charge in [0.25, 0.3) is 0 Å². The molecule has 1 aliphatic carbocycles. The third kappa shape index (κ3) is 2.47. The highest BCUT2D eigenvalue weighted by Crippen LogP contribution is 2.28. The van der Waals surface area contributed by atoms with E-state index in [1.165, 1.54) is 12.8 Å². The van der Waals surface area contributed by atoms with Gasteiger partial charge in [0.1, 0.15) is 0 Å². The summed E-state index contributed by atoms with van der Waals surface area (Å²) in [5, 5.41) is 5.61. The van der Waals surface area contributed by atoms with Crippen molar-refractivity contribution in [2.75, 3.05) is 31.1 Å². The number of aryl methyl sites for hydroxylation is 1.